The molecule has 0 aromatic heterocycles. The van der Waals surface area contributed by atoms with Crippen molar-refractivity contribution in [1.29, 1.82) is 0 Å². The lowest BCUT2D eigenvalue weighted by molar-refractivity contribution is -0.384. The lowest BCUT2D eigenvalue weighted by Gasteiger charge is -2.14. The molecule has 1 N–H and O–H groups in total. The van der Waals surface area contributed by atoms with Gasteiger partial charge in [0.25, 0.3) is 5.69 Å². The Balaban J connectivity index is 2.30. The molecule has 1 amide bonds. The number of amides is 1. The number of non-ortho nitro benzene ring substituents is 1. The molecule has 6 nitrogen and oxygen atoms in total. The second-order valence-electron chi connectivity index (χ2n) is 4.26. The molecule has 19 heavy (non-hydrogen) atoms. The molecular formula is C13H19N3O3. The number of rotatable bonds is 7. The molecule has 1 rings (SSSR count). The van der Waals surface area contributed by atoms with Crippen molar-refractivity contribution in [2.24, 2.45) is 0 Å². The van der Waals surface area contributed by atoms with Crippen LogP contribution in [0.25, 0.3) is 0 Å². The van der Waals surface area contributed by atoms with E-state index in [4.69, 9.17) is 0 Å². The van der Waals surface area contributed by atoms with Gasteiger partial charge in [0.1, 0.15) is 0 Å². The van der Waals surface area contributed by atoms with E-state index in [1.54, 1.807) is 24.1 Å². The Morgan fingerprint density at radius 3 is 2.53 bits per heavy atom. The average molecular weight is 265 g/mol. The highest BCUT2D eigenvalue weighted by Crippen LogP contribution is 2.11. The molecule has 0 aliphatic rings. The van der Waals surface area contributed by atoms with Crippen molar-refractivity contribution >= 4 is 11.6 Å². The molecule has 0 unspecified atom stereocenters. The number of hydrogen-bond donors (Lipinski definition) is 1. The van der Waals surface area contributed by atoms with Crippen LogP contribution in [0.2, 0.25) is 0 Å². The summed E-state index contributed by atoms with van der Waals surface area (Å²) in [5.74, 6) is 0.0613. The maximum atomic E-state index is 11.5. The number of nitrogens with zero attached hydrogens (tertiary/aromatic N) is 2. The van der Waals surface area contributed by atoms with E-state index in [-0.39, 0.29) is 11.6 Å². The van der Waals surface area contributed by atoms with E-state index in [1.165, 1.54) is 12.1 Å². The van der Waals surface area contributed by atoms with Crippen LogP contribution in [0.4, 0.5) is 5.69 Å². The van der Waals surface area contributed by atoms with Gasteiger partial charge in [0, 0.05) is 25.7 Å². The molecule has 0 saturated heterocycles. The van der Waals surface area contributed by atoms with Gasteiger partial charge in [0.2, 0.25) is 5.91 Å². The minimum absolute atomic E-state index is 0.0613. The van der Waals surface area contributed by atoms with E-state index < -0.39 is 4.92 Å². The zero-order valence-corrected chi connectivity index (χ0v) is 11.3. The Morgan fingerprint density at radius 1 is 1.37 bits per heavy atom. The molecule has 0 bridgehead atoms. The minimum Gasteiger partial charge on any atom is -0.345 e. The van der Waals surface area contributed by atoms with Gasteiger partial charge in [-0.15, -0.1) is 0 Å². The van der Waals surface area contributed by atoms with Crippen molar-refractivity contribution in [2.45, 2.75) is 13.3 Å². The summed E-state index contributed by atoms with van der Waals surface area (Å²) in [6, 6.07) is 6.45. The topological polar surface area (TPSA) is 75.5 Å². The van der Waals surface area contributed by atoms with Gasteiger partial charge in [-0.2, -0.15) is 0 Å². The van der Waals surface area contributed by atoms with E-state index in [9.17, 15) is 14.9 Å². The molecule has 0 saturated carbocycles. The number of nitro groups is 1. The molecule has 0 aliphatic carbocycles. The van der Waals surface area contributed by atoms with Gasteiger partial charge in [-0.1, -0.05) is 12.1 Å². The van der Waals surface area contributed by atoms with Gasteiger partial charge in [-0.25, -0.2) is 0 Å². The predicted octanol–water partition coefficient (Wildman–Crippen LogP) is 1.21. The van der Waals surface area contributed by atoms with Crippen LogP contribution in [0.1, 0.15) is 12.5 Å². The summed E-state index contributed by atoms with van der Waals surface area (Å²) >= 11 is 0. The van der Waals surface area contributed by atoms with Crippen LogP contribution in [0.3, 0.4) is 0 Å². The number of benzene rings is 1. The van der Waals surface area contributed by atoms with Crippen LogP contribution in [-0.4, -0.2) is 42.4 Å². The summed E-state index contributed by atoms with van der Waals surface area (Å²) < 4.78 is 0. The summed E-state index contributed by atoms with van der Waals surface area (Å²) in [5, 5.41) is 13.6. The Kier molecular flexibility index (Phi) is 5.95. The fourth-order valence-corrected chi connectivity index (χ4v) is 1.52. The number of nitrogens with one attached hydrogen (secondary N) is 1. The lowest BCUT2D eigenvalue weighted by atomic mass is 10.1. The number of hydrogen-bond acceptors (Lipinski definition) is 4. The van der Waals surface area contributed by atoms with E-state index in [1.807, 2.05) is 6.92 Å². The van der Waals surface area contributed by atoms with Gasteiger partial charge < -0.3 is 10.2 Å². The number of likely N-dealkylation sites (N-methyl/N-ethyl adjacent to an activating group) is 1. The Labute approximate surface area is 112 Å². The van der Waals surface area contributed by atoms with E-state index >= 15 is 0 Å². The van der Waals surface area contributed by atoms with Crippen LogP contribution in [0.5, 0.6) is 0 Å². The zero-order valence-electron chi connectivity index (χ0n) is 11.3. The second kappa shape index (κ2) is 7.48. The molecule has 1 aromatic carbocycles. The number of carbonyl (C=O) groups excluding carboxylic acids is 1. The summed E-state index contributed by atoms with van der Waals surface area (Å²) in [6.45, 7) is 3.61. The first kappa shape index (κ1) is 15.1. The van der Waals surface area contributed by atoms with E-state index in [0.29, 0.717) is 19.6 Å². The fourth-order valence-electron chi connectivity index (χ4n) is 1.52. The molecule has 0 aliphatic heterocycles. The minimum atomic E-state index is -0.415. The zero-order chi connectivity index (χ0) is 14.3. The van der Waals surface area contributed by atoms with Crippen LogP contribution >= 0.6 is 0 Å². The van der Waals surface area contributed by atoms with Crippen LogP contribution < -0.4 is 5.32 Å². The first-order chi connectivity index (χ1) is 9.04. The van der Waals surface area contributed by atoms with Crippen molar-refractivity contribution in [3.05, 3.63) is 39.9 Å². The molecular weight excluding hydrogens is 246 g/mol. The lowest BCUT2D eigenvalue weighted by Crippen LogP contribution is -2.36. The summed E-state index contributed by atoms with van der Waals surface area (Å²) in [5.41, 5.74) is 1.10. The summed E-state index contributed by atoms with van der Waals surface area (Å²) in [6.07, 6.45) is 0.737. The molecule has 0 spiro atoms. The van der Waals surface area contributed by atoms with Gasteiger partial charge >= 0.3 is 0 Å². The third-order valence-electron chi connectivity index (χ3n) is 2.91. The van der Waals surface area contributed by atoms with Crippen molar-refractivity contribution < 1.29 is 9.72 Å². The SMILES string of the molecule is CCN(C)C(=O)CNCCc1ccc([N+](=O)[O-])cc1. The van der Waals surface area contributed by atoms with Crippen molar-refractivity contribution in [1.82, 2.24) is 10.2 Å². The highest BCUT2D eigenvalue weighted by atomic mass is 16.6. The Morgan fingerprint density at radius 2 is 2.00 bits per heavy atom. The average Bonchev–Trinajstić information content (AvgIpc) is 2.42. The number of nitro benzene ring substituents is 1. The first-order valence-electron chi connectivity index (χ1n) is 6.22. The highest BCUT2D eigenvalue weighted by Gasteiger charge is 2.06. The van der Waals surface area contributed by atoms with Gasteiger partial charge in [0.15, 0.2) is 0 Å². The van der Waals surface area contributed by atoms with Crippen LogP contribution in [-0.2, 0) is 11.2 Å². The van der Waals surface area contributed by atoms with E-state index in [0.717, 1.165) is 12.0 Å². The van der Waals surface area contributed by atoms with Gasteiger partial charge in [0.05, 0.1) is 11.5 Å². The molecule has 0 atom stereocenters. The molecule has 0 radical (unpaired) electrons. The van der Waals surface area contributed by atoms with Gasteiger partial charge in [-0.05, 0) is 25.5 Å². The molecule has 1 aromatic rings. The molecule has 0 heterocycles. The summed E-state index contributed by atoms with van der Waals surface area (Å²) in [4.78, 5) is 23.2. The third kappa shape index (κ3) is 5.05. The maximum Gasteiger partial charge on any atom is 0.269 e. The third-order valence-corrected chi connectivity index (χ3v) is 2.91. The van der Waals surface area contributed by atoms with Crippen molar-refractivity contribution in [3.63, 3.8) is 0 Å². The maximum absolute atomic E-state index is 11.5. The molecule has 0 fully saturated rings. The fraction of sp³-hybridized carbons (Fsp3) is 0.462. The first-order valence-corrected chi connectivity index (χ1v) is 6.22. The monoisotopic (exact) mass is 265 g/mol. The Bertz CT molecular complexity index is 431. The van der Waals surface area contributed by atoms with Crippen LogP contribution in [0, 0.1) is 10.1 Å². The van der Waals surface area contributed by atoms with Gasteiger partial charge in [-0.3, -0.25) is 14.9 Å². The second-order valence-corrected chi connectivity index (χ2v) is 4.26. The molecule has 6 heteroatoms. The van der Waals surface area contributed by atoms with Crippen molar-refractivity contribution in [3.8, 4) is 0 Å². The Hall–Kier alpha value is -1.95. The quantitative estimate of drug-likeness (QED) is 0.456. The number of carbonyl (C=O) groups is 1. The van der Waals surface area contributed by atoms with Crippen LogP contribution in [0.15, 0.2) is 24.3 Å². The van der Waals surface area contributed by atoms with Crippen molar-refractivity contribution in [2.75, 3.05) is 26.7 Å². The molecule has 104 valence electrons. The smallest absolute Gasteiger partial charge is 0.269 e. The standard InChI is InChI=1S/C13H19N3O3/c1-3-15(2)13(17)10-14-9-8-11-4-6-12(7-5-11)16(18)19/h4-7,14H,3,8-10H2,1-2H3. The van der Waals surface area contributed by atoms with E-state index in [2.05, 4.69) is 5.32 Å². The normalized spacial score (nSPS) is 10.2. The predicted molar refractivity (Wildman–Crippen MR) is 73.0 cm³/mol. The largest absolute Gasteiger partial charge is 0.345 e. The summed E-state index contributed by atoms with van der Waals surface area (Å²) in [7, 11) is 1.76. The highest BCUT2D eigenvalue weighted by molar-refractivity contribution is 5.77.